The zero-order valence-corrected chi connectivity index (χ0v) is 6.92. The Kier molecular flexibility index (Phi) is 2.50. The summed E-state index contributed by atoms with van der Waals surface area (Å²) in [6.07, 6.45) is 0.425. The Labute approximate surface area is 73.1 Å². The van der Waals surface area contributed by atoms with Crippen LogP contribution in [0.1, 0.15) is 21.1 Å². The Bertz CT molecular complexity index is 315. The molecule has 0 aliphatic carbocycles. The molecule has 5 heteroatoms. The summed E-state index contributed by atoms with van der Waals surface area (Å²) in [7, 11) is 1.21. The second-order valence-corrected chi connectivity index (χ2v) is 2.34. The van der Waals surface area contributed by atoms with Crippen LogP contribution in [0.15, 0.2) is 10.5 Å². The molecular formula is C7H5ClO4. The zero-order valence-electron chi connectivity index (χ0n) is 6.17. The van der Waals surface area contributed by atoms with Crippen molar-refractivity contribution >= 4 is 23.9 Å². The van der Waals surface area contributed by atoms with Crippen LogP contribution < -0.4 is 0 Å². The third kappa shape index (κ3) is 1.48. The highest BCUT2D eigenvalue weighted by molar-refractivity contribution is 6.32. The van der Waals surface area contributed by atoms with Crippen LogP contribution in [0.2, 0.25) is 5.02 Å². The SMILES string of the molecule is COC(=O)c1cc(Cl)c(C=O)o1. The third-order valence-corrected chi connectivity index (χ3v) is 1.50. The number of rotatable bonds is 2. The molecule has 1 aromatic heterocycles. The molecule has 1 rings (SSSR count). The highest BCUT2D eigenvalue weighted by Crippen LogP contribution is 2.19. The van der Waals surface area contributed by atoms with Gasteiger partial charge in [0, 0.05) is 6.07 Å². The smallest absolute Gasteiger partial charge is 0.374 e. The van der Waals surface area contributed by atoms with Gasteiger partial charge >= 0.3 is 5.97 Å². The quantitative estimate of drug-likeness (QED) is 0.522. The molecule has 0 aromatic carbocycles. The Hall–Kier alpha value is -1.29. The molecule has 0 bridgehead atoms. The Morgan fingerprint density at radius 1 is 1.75 bits per heavy atom. The minimum Gasteiger partial charge on any atom is -0.463 e. The van der Waals surface area contributed by atoms with E-state index in [9.17, 15) is 9.59 Å². The van der Waals surface area contributed by atoms with Gasteiger partial charge in [0.05, 0.1) is 12.1 Å². The summed E-state index contributed by atoms with van der Waals surface area (Å²) < 4.78 is 9.08. The highest BCUT2D eigenvalue weighted by atomic mass is 35.5. The van der Waals surface area contributed by atoms with Crippen LogP contribution in [-0.2, 0) is 4.74 Å². The maximum absolute atomic E-state index is 10.8. The largest absolute Gasteiger partial charge is 0.463 e. The van der Waals surface area contributed by atoms with E-state index in [1.807, 2.05) is 0 Å². The fraction of sp³-hybridized carbons (Fsp3) is 0.143. The molecule has 64 valence electrons. The van der Waals surface area contributed by atoms with E-state index in [2.05, 4.69) is 4.74 Å². The van der Waals surface area contributed by atoms with Gasteiger partial charge in [-0.3, -0.25) is 4.79 Å². The second-order valence-electron chi connectivity index (χ2n) is 1.93. The fourth-order valence-corrected chi connectivity index (χ4v) is 0.847. The molecule has 1 heterocycles. The first-order valence-electron chi connectivity index (χ1n) is 3.02. The molecule has 0 aliphatic heterocycles. The molecule has 0 amide bonds. The van der Waals surface area contributed by atoms with Crippen molar-refractivity contribution in [2.24, 2.45) is 0 Å². The molecule has 12 heavy (non-hydrogen) atoms. The number of hydrogen-bond donors (Lipinski definition) is 0. The summed E-state index contributed by atoms with van der Waals surface area (Å²) in [6, 6.07) is 1.23. The summed E-state index contributed by atoms with van der Waals surface area (Å²) in [5.41, 5.74) is 0. The first-order chi connectivity index (χ1) is 5.69. The molecule has 4 nitrogen and oxygen atoms in total. The molecule has 0 fully saturated rings. The monoisotopic (exact) mass is 188 g/mol. The lowest BCUT2D eigenvalue weighted by Crippen LogP contribution is -1.98. The van der Waals surface area contributed by atoms with Gasteiger partial charge in [-0.25, -0.2) is 4.79 Å². The second kappa shape index (κ2) is 3.40. The van der Waals surface area contributed by atoms with Crippen molar-refractivity contribution in [3.05, 3.63) is 22.6 Å². The van der Waals surface area contributed by atoms with E-state index in [-0.39, 0.29) is 16.5 Å². The number of carbonyl (C=O) groups is 2. The van der Waals surface area contributed by atoms with E-state index < -0.39 is 5.97 Å². The van der Waals surface area contributed by atoms with Crippen molar-refractivity contribution in [2.45, 2.75) is 0 Å². The van der Waals surface area contributed by atoms with Crippen molar-refractivity contribution in [3.8, 4) is 0 Å². The van der Waals surface area contributed by atoms with E-state index in [0.29, 0.717) is 6.29 Å². The number of ether oxygens (including phenoxy) is 1. The van der Waals surface area contributed by atoms with Crippen LogP contribution in [0.25, 0.3) is 0 Å². The van der Waals surface area contributed by atoms with Gasteiger partial charge in [0.1, 0.15) is 0 Å². The lowest BCUT2D eigenvalue weighted by Gasteiger charge is -1.90. The average Bonchev–Trinajstić information content (AvgIpc) is 2.45. The Balaban J connectivity index is 3.04. The van der Waals surface area contributed by atoms with Gasteiger partial charge in [0.15, 0.2) is 12.0 Å². The van der Waals surface area contributed by atoms with Gasteiger partial charge in [0.2, 0.25) is 5.76 Å². The Morgan fingerprint density at radius 2 is 2.42 bits per heavy atom. The van der Waals surface area contributed by atoms with Crippen LogP contribution in [0, 0.1) is 0 Å². The van der Waals surface area contributed by atoms with Crippen LogP contribution in [-0.4, -0.2) is 19.4 Å². The lowest BCUT2D eigenvalue weighted by atomic mass is 10.4. The van der Waals surface area contributed by atoms with Crippen LogP contribution >= 0.6 is 11.6 Å². The molecule has 0 unspecified atom stereocenters. The first kappa shape index (κ1) is 8.80. The predicted molar refractivity (Wildman–Crippen MR) is 40.4 cm³/mol. The van der Waals surface area contributed by atoms with Gasteiger partial charge in [-0.15, -0.1) is 0 Å². The molecular weight excluding hydrogens is 184 g/mol. The number of furan rings is 1. The minimum absolute atomic E-state index is 0.0722. The number of methoxy groups -OCH3 is 1. The highest BCUT2D eigenvalue weighted by Gasteiger charge is 2.14. The van der Waals surface area contributed by atoms with Crippen LogP contribution in [0.4, 0.5) is 0 Å². The number of hydrogen-bond acceptors (Lipinski definition) is 4. The summed E-state index contributed by atoms with van der Waals surface area (Å²) in [5.74, 6) is -0.813. The van der Waals surface area contributed by atoms with E-state index in [1.165, 1.54) is 13.2 Å². The van der Waals surface area contributed by atoms with E-state index >= 15 is 0 Å². The van der Waals surface area contributed by atoms with Crippen molar-refractivity contribution in [2.75, 3.05) is 7.11 Å². The summed E-state index contributed by atoms with van der Waals surface area (Å²) in [6.45, 7) is 0. The average molecular weight is 189 g/mol. The van der Waals surface area contributed by atoms with Crippen molar-refractivity contribution < 1.29 is 18.7 Å². The van der Waals surface area contributed by atoms with E-state index in [0.717, 1.165) is 0 Å². The summed E-state index contributed by atoms with van der Waals surface area (Å²) in [4.78, 5) is 21.0. The number of esters is 1. The normalized spacial score (nSPS) is 9.50. The van der Waals surface area contributed by atoms with Crippen molar-refractivity contribution in [1.29, 1.82) is 0 Å². The first-order valence-corrected chi connectivity index (χ1v) is 3.39. The molecule has 0 radical (unpaired) electrons. The van der Waals surface area contributed by atoms with Crippen LogP contribution in [0.5, 0.6) is 0 Å². The Morgan fingerprint density at radius 3 is 2.83 bits per heavy atom. The van der Waals surface area contributed by atoms with E-state index in [4.69, 9.17) is 16.0 Å². The van der Waals surface area contributed by atoms with Gasteiger partial charge in [0.25, 0.3) is 0 Å². The zero-order chi connectivity index (χ0) is 9.14. The standard InChI is InChI=1S/C7H5ClO4/c1-11-7(10)5-2-4(8)6(3-9)12-5/h2-3H,1H3. The van der Waals surface area contributed by atoms with Gasteiger partial charge in [-0.05, 0) is 0 Å². The maximum atomic E-state index is 10.8. The third-order valence-electron chi connectivity index (χ3n) is 1.21. The van der Waals surface area contributed by atoms with Gasteiger partial charge in [-0.1, -0.05) is 11.6 Å². The molecule has 0 spiro atoms. The number of aldehydes is 1. The molecule has 0 N–H and O–H groups in total. The summed E-state index contributed by atoms with van der Waals surface area (Å²) in [5, 5.41) is 0.102. The van der Waals surface area contributed by atoms with Crippen LogP contribution in [0.3, 0.4) is 0 Å². The number of halogens is 1. The molecule has 0 saturated carbocycles. The van der Waals surface area contributed by atoms with Gasteiger partial charge in [-0.2, -0.15) is 0 Å². The predicted octanol–water partition coefficient (Wildman–Crippen LogP) is 1.53. The molecule has 0 saturated heterocycles. The minimum atomic E-state index is -0.662. The van der Waals surface area contributed by atoms with Crippen molar-refractivity contribution in [1.82, 2.24) is 0 Å². The molecule has 1 aromatic rings. The number of carbonyl (C=O) groups excluding carboxylic acids is 2. The lowest BCUT2D eigenvalue weighted by molar-refractivity contribution is 0.0564. The topological polar surface area (TPSA) is 56.5 Å². The van der Waals surface area contributed by atoms with Gasteiger partial charge < -0.3 is 9.15 Å². The maximum Gasteiger partial charge on any atom is 0.374 e. The van der Waals surface area contributed by atoms with E-state index in [1.54, 1.807) is 0 Å². The summed E-state index contributed by atoms with van der Waals surface area (Å²) >= 11 is 5.51. The fourth-order valence-electron chi connectivity index (χ4n) is 0.664. The molecule has 0 atom stereocenters. The molecule has 0 aliphatic rings. The van der Waals surface area contributed by atoms with Crippen molar-refractivity contribution in [3.63, 3.8) is 0 Å².